The third-order valence-electron chi connectivity index (χ3n) is 2.61. The molecule has 0 aromatic heterocycles. The van der Waals surface area contributed by atoms with Crippen molar-refractivity contribution in [1.29, 1.82) is 0 Å². The van der Waals surface area contributed by atoms with Gasteiger partial charge >= 0.3 is 0 Å². The van der Waals surface area contributed by atoms with Crippen LogP contribution in [0.3, 0.4) is 0 Å². The molecule has 1 N–H and O–H groups in total. The van der Waals surface area contributed by atoms with E-state index in [0.29, 0.717) is 23.3 Å². The van der Waals surface area contributed by atoms with E-state index in [1.807, 2.05) is 25.1 Å². The summed E-state index contributed by atoms with van der Waals surface area (Å²) in [6, 6.07) is 5.90. The van der Waals surface area contributed by atoms with Gasteiger partial charge in [0, 0.05) is 13.7 Å². The van der Waals surface area contributed by atoms with E-state index in [0.717, 1.165) is 18.7 Å². The van der Waals surface area contributed by atoms with Crippen molar-refractivity contribution in [2.75, 3.05) is 20.3 Å². The summed E-state index contributed by atoms with van der Waals surface area (Å²) >= 11 is 6.22. The Morgan fingerprint density at radius 1 is 1.26 bits per heavy atom. The standard InChI is InChI=1S/C15H24ClNO2/c1-11(2)8-17-9-13-5-6-15(14(16)7-13)19-12(3)10-18-4/h5-7,11-12,17H,8-10H2,1-4H3. The van der Waals surface area contributed by atoms with Gasteiger partial charge in [0.2, 0.25) is 0 Å². The molecule has 1 unspecified atom stereocenters. The van der Waals surface area contributed by atoms with Gasteiger partial charge in [-0.15, -0.1) is 0 Å². The molecule has 0 saturated heterocycles. The molecule has 0 radical (unpaired) electrons. The normalized spacial score (nSPS) is 12.7. The fourth-order valence-corrected chi connectivity index (χ4v) is 1.99. The summed E-state index contributed by atoms with van der Waals surface area (Å²) in [7, 11) is 1.66. The van der Waals surface area contributed by atoms with Crippen LogP contribution in [0.1, 0.15) is 26.3 Å². The van der Waals surface area contributed by atoms with Crippen LogP contribution in [0.4, 0.5) is 0 Å². The summed E-state index contributed by atoms with van der Waals surface area (Å²) in [5, 5.41) is 4.03. The van der Waals surface area contributed by atoms with Crippen LogP contribution in [-0.4, -0.2) is 26.4 Å². The van der Waals surface area contributed by atoms with Crippen LogP contribution in [0.15, 0.2) is 18.2 Å². The Hall–Kier alpha value is -0.770. The Morgan fingerprint density at radius 3 is 2.58 bits per heavy atom. The SMILES string of the molecule is COCC(C)Oc1ccc(CNCC(C)C)cc1Cl. The summed E-state index contributed by atoms with van der Waals surface area (Å²) in [4.78, 5) is 0. The van der Waals surface area contributed by atoms with E-state index in [1.54, 1.807) is 7.11 Å². The minimum atomic E-state index is -0.00702. The van der Waals surface area contributed by atoms with E-state index in [4.69, 9.17) is 21.1 Å². The molecule has 19 heavy (non-hydrogen) atoms. The maximum Gasteiger partial charge on any atom is 0.138 e. The first kappa shape index (κ1) is 16.3. The highest BCUT2D eigenvalue weighted by Crippen LogP contribution is 2.26. The van der Waals surface area contributed by atoms with E-state index >= 15 is 0 Å². The first-order valence-corrected chi connectivity index (χ1v) is 7.05. The summed E-state index contributed by atoms with van der Waals surface area (Å²) < 4.78 is 10.7. The second kappa shape index (κ2) is 8.41. The zero-order valence-corrected chi connectivity index (χ0v) is 13.0. The van der Waals surface area contributed by atoms with Crippen LogP contribution in [0, 0.1) is 5.92 Å². The van der Waals surface area contributed by atoms with E-state index in [-0.39, 0.29) is 6.10 Å². The van der Waals surface area contributed by atoms with Crippen LogP contribution in [0.5, 0.6) is 5.75 Å². The van der Waals surface area contributed by atoms with Crippen molar-refractivity contribution >= 4 is 11.6 Å². The summed E-state index contributed by atoms with van der Waals surface area (Å²) in [5.41, 5.74) is 1.16. The lowest BCUT2D eigenvalue weighted by Gasteiger charge is -2.15. The molecule has 3 nitrogen and oxygen atoms in total. The molecular formula is C15H24ClNO2. The second-order valence-corrected chi connectivity index (χ2v) is 5.58. The first-order valence-electron chi connectivity index (χ1n) is 6.67. The number of hydrogen-bond acceptors (Lipinski definition) is 3. The molecule has 0 saturated carbocycles. The summed E-state index contributed by atoms with van der Waals surface area (Å²) in [6.45, 7) is 8.71. The molecule has 0 amide bonds. The zero-order valence-electron chi connectivity index (χ0n) is 12.2. The van der Waals surface area contributed by atoms with Crippen molar-refractivity contribution in [2.24, 2.45) is 5.92 Å². The third-order valence-corrected chi connectivity index (χ3v) is 2.90. The van der Waals surface area contributed by atoms with E-state index in [9.17, 15) is 0 Å². The van der Waals surface area contributed by atoms with Crippen molar-refractivity contribution in [3.63, 3.8) is 0 Å². The number of benzene rings is 1. The lowest BCUT2D eigenvalue weighted by Crippen LogP contribution is -2.19. The van der Waals surface area contributed by atoms with E-state index in [2.05, 4.69) is 19.2 Å². The molecule has 1 atom stereocenters. The molecule has 0 aliphatic rings. The molecule has 1 rings (SSSR count). The number of ether oxygens (including phenoxy) is 2. The predicted octanol–water partition coefficient (Wildman–Crippen LogP) is 3.50. The fraction of sp³-hybridized carbons (Fsp3) is 0.600. The Morgan fingerprint density at radius 2 is 2.00 bits per heavy atom. The van der Waals surface area contributed by atoms with Gasteiger partial charge in [-0.05, 0) is 37.1 Å². The van der Waals surface area contributed by atoms with Crippen LogP contribution in [0.2, 0.25) is 5.02 Å². The molecular weight excluding hydrogens is 262 g/mol. The highest BCUT2D eigenvalue weighted by Gasteiger charge is 2.08. The molecule has 0 aliphatic heterocycles. The Bertz CT molecular complexity index is 382. The van der Waals surface area contributed by atoms with Crippen molar-refractivity contribution in [2.45, 2.75) is 33.4 Å². The molecule has 0 spiro atoms. The Labute approximate surface area is 121 Å². The fourth-order valence-electron chi connectivity index (χ4n) is 1.74. The largest absolute Gasteiger partial charge is 0.487 e. The quantitative estimate of drug-likeness (QED) is 0.793. The van der Waals surface area contributed by atoms with Gasteiger partial charge in [0.1, 0.15) is 11.9 Å². The summed E-state index contributed by atoms with van der Waals surface area (Å²) in [5.74, 6) is 1.35. The summed E-state index contributed by atoms with van der Waals surface area (Å²) in [6.07, 6.45) is -0.00702. The Balaban J connectivity index is 2.54. The minimum absolute atomic E-state index is 0.00702. The number of methoxy groups -OCH3 is 1. The van der Waals surface area contributed by atoms with Crippen molar-refractivity contribution < 1.29 is 9.47 Å². The van der Waals surface area contributed by atoms with Crippen LogP contribution < -0.4 is 10.1 Å². The van der Waals surface area contributed by atoms with E-state index < -0.39 is 0 Å². The van der Waals surface area contributed by atoms with E-state index in [1.165, 1.54) is 0 Å². The second-order valence-electron chi connectivity index (χ2n) is 5.17. The maximum absolute atomic E-state index is 6.22. The number of rotatable bonds is 8. The molecule has 108 valence electrons. The van der Waals surface area contributed by atoms with Gasteiger partial charge in [-0.3, -0.25) is 0 Å². The maximum atomic E-state index is 6.22. The average molecular weight is 286 g/mol. The van der Waals surface area contributed by atoms with Gasteiger partial charge in [0.25, 0.3) is 0 Å². The highest BCUT2D eigenvalue weighted by atomic mass is 35.5. The average Bonchev–Trinajstić information content (AvgIpc) is 2.32. The van der Waals surface area contributed by atoms with Gasteiger partial charge in [0.05, 0.1) is 11.6 Å². The Kier molecular flexibility index (Phi) is 7.21. The third kappa shape index (κ3) is 6.28. The van der Waals surface area contributed by atoms with Crippen molar-refractivity contribution in [3.05, 3.63) is 28.8 Å². The molecule has 1 aromatic rings. The highest BCUT2D eigenvalue weighted by molar-refractivity contribution is 6.32. The van der Waals surface area contributed by atoms with Crippen LogP contribution in [-0.2, 0) is 11.3 Å². The van der Waals surface area contributed by atoms with Crippen molar-refractivity contribution in [1.82, 2.24) is 5.32 Å². The van der Waals surface area contributed by atoms with Crippen molar-refractivity contribution in [3.8, 4) is 5.75 Å². The molecule has 0 fully saturated rings. The van der Waals surface area contributed by atoms with Gasteiger partial charge in [-0.1, -0.05) is 31.5 Å². The molecule has 0 bridgehead atoms. The van der Waals surface area contributed by atoms with Crippen LogP contribution in [0.25, 0.3) is 0 Å². The molecule has 4 heteroatoms. The minimum Gasteiger partial charge on any atom is -0.487 e. The lowest BCUT2D eigenvalue weighted by atomic mass is 10.2. The van der Waals surface area contributed by atoms with Gasteiger partial charge in [0.15, 0.2) is 0 Å². The lowest BCUT2D eigenvalue weighted by molar-refractivity contribution is 0.0921. The first-order chi connectivity index (χ1) is 9.02. The number of halogens is 1. The smallest absolute Gasteiger partial charge is 0.138 e. The zero-order chi connectivity index (χ0) is 14.3. The number of hydrogen-bond donors (Lipinski definition) is 1. The number of nitrogens with one attached hydrogen (secondary N) is 1. The topological polar surface area (TPSA) is 30.5 Å². The van der Waals surface area contributed by atoms with Gasteiger partial charge < -0.3 is 14.8 Å². The molecule has 0 aliphatic carbocycles. The van der Waals surface area contributed by atoms with Crippen LogP contribution >= 0.6 is 11.6 Å². The van der Waals surface area contributed by atoms with Gasteiger partial charge in [-0.25, -0.2) is 0 Å². The predicted molar refractivity (Wildman–Crippen MR) is 80.0 cm³/mol. The van der Waals surface area contributed by atoms with Gasteiger partial charge in [-0.2, -0.15) is 0 Å². The monoisotopic (exact) mass is 285 g/mol. The molecule has 1 aromatic carbocycles. The molecule has 0 heterocycles.